The first-order valence-corrected chi connectivity index (χ1v) is 6.54. The number of hydrogen-bond acceptors (Lipinski definition) is 5. The standard InChI is InChI=1S/C13H19NO5/c1-2-7-17-13(16)14-11-10(15)8-18-12(11)19-9-5-3-4-6-9/h2,9,11-12H,1,3-8H2,(H,14,16)/t11-,12?/m1/s1. The van der Waals surface area contributed by atoms with Gasteiger partial charge in [-0.3, -0.25) is 4.79 Å². The first kappa shape index (κ1) is 14.0. The van der Waals surface area contributed by atoms with E-state index in [1.807, 2.05) is 0 Å². The molecule has 6 nitrogen and oxygen atoms in total. The second-order valence-corrected chi connectivity index (χ2v) is 4.70. The predicted octanol–water partition coefficient (Wildman–Crippen LogP) is 1.15. The Morgan fingerprint density at radius 2 is 2.21 bits per heavy atom. The monoisotopic (exact) mass is 269 g/mol. The van der Waals surface area contributed by atoms with E-state index < -0.39 is 18.4 Å². The van der Waals surface area contributed by atoms with Crippen LogP contribution in [-0.4, -0.2) is 43.5 Å². The summed E-state index contributed by atoms with van der Waals surface area (Å²) in [6.07, 6.45) is 4.41. The summed E-state index contributed by atoms with van der Waals surface area (Å²) in [7, 11) is 0. The maximum Gasteiger partial charge on any atom is 0.408 e. The van der Waals surface area contributed by atoms with Gasteiger partial charge in [0.05, 0.1) is 6.10 Å². The number of nitrogens with one attached hydrogen (secondary N) is 1. The molecule has 0 aromatic rings. The van der Waals surface area contributed by atoms with Crippen molar-refractivity contribution in [3.05, 3.63) is 12.7 Å². The molecule has 19 heavy (non-hydrogen) atoms. The van der Waals surface area contributed by atoms with E-state index in [1.54, 1.807) is 0 Å². The molecule has 0 spiro atoms. The molecule has 0 bridgehead atoms. The first-order valence-electron chi connectivity index (χ1n) is 6.54. The van der Waals surface area contributed by atoms with Crippen LogP contribution in [0.1, 0.15) is 25.7 Å². The maximum atomic E-state index is 11.7. The zero-order valence-electron chi connectivity index (χ0n) is 10.8. The molecule has 2 fully saturated rings. The Kier molecular flexibility index (Phi) is 4.93. The third-order valence-electron chi connectivity index (χ3n) is 3.24. The van der Waals surface area contributed by atoms with Gasteiger partial charge in [0.25, 0.3) is 0 Å². The lowest BCUT2D eigenvalue weighted by Crippen LogP contribution is -2.46. The fourth-order valence-electron chi connectivity index (χ4n) is 2.29. The van der Waals surface area contributed by atoms with Crippen molar-refractivity contribution in [1.82, 2.24) is 5.32 Å². The molecule has 1 heterocycles. The molecule has 1 aliphatic heterocycles. The van der Waals surface area contributed by atoms with Crippen LogP contribution in [0.15, 0.2) is 12.7 Å². The number of rotatable bonds is 5. The van der Waals surface area contributed by atoms with Crippen LogP contribution < -0.4 is 5.32 Å². The van der Waals surface area contributed by atoms with E-state index in [2.05, 4.69) is 11.9 Å². The molecule has 0 aromatic heterocycles. The van der Waals surface area contributed by atoms with Gasteiger partial charge in [-0.1, -0.05) is 25.5 Å². The molecule has 1 amide bonds. The Balaban J connectivity index is 1.85. The van der Waals surface area contributed by atoms with Gasteiger partial charge < -0.3 is 19.5 Å². The second-order valence-electron chi connectivity index (χ2n) is 4.70. The molecular formula is C13H19NO5. The van der Waals surface area contributed by atoms with Crippen LogP contribution in [0.5, 0.6) is 0 Å². The van der Waals surface area contributed by atoms with Gasteiger partial charge in [0.1, 0.15) is 19.3 Å². The Morgan fingerprint density at radius 1 is 1.47 bits per heavy atom. The SMILES string of the molecule is C=CCOC(=O)N[C@@H]1C(=O)COC1OC1CCCC1. The highest BCUT2D eigenvalue weighted by Gasteiger charge is 2.39. The number of carbonyl (C=O) groups excluding carboxylic acids is 2. The molecular weight excluding hydrogens is 250 g/mol. The van der Waals surface area contributed by atoms with Crippen molar-refractivity contribution in [3.63, 3.8) is 0 Å². The Bertz CT molecular complexity index is 351. The summed E-state index contributed by atoms with van der Waals surface area (Å²) in [5.74, 6) is -0.196. The predicted molar refractivity (Wildman–Crippen MR) is 66.6 cm³/mol. The molecule has 1 N–H and O–H groups in total. The fraction of sp³-hybridized carbons (Fsp3) is 0.692. The number of Topliss-reactive ketones (excluding diaryl/α,β-unsaturated/α-hetero) is 1. The highest BCUT2D eigenvalue weighted by Crippen LogP contribution is 2.25. The van der Waals surface area contributed by atoms with E-state index in [9.17, 15) is 9.59 Å². The highest BCUT2D eigenvalue weighted by molar-refractivity contribution is 5.90. The van der Waals surface area contributed by atoms with Gasteiger partial charge in [-0.05, 0) is 12.8 Å². The van der Waals surface area contributed by atoms with E-state index in [0.717, 1.165) is 25.7 Å². The minimum absolute atomic E-state index is 0.0379. The largest absolute Gasteiger partial charge is 0.445 e. The molecule has 1 unspecified atom stereocenters. The van der Waals surface area contributed by atoms with Crippen LogP contribution in [-0.2, 0) is 19.0 Å². The highest BCUT2D eigenvalue weighted by atomic mass is 16.7. The molecule has 6 heteroatoms. The van der Waals surface area contributed by atoms with Crippen LogP contribution in [0.25, 0.3) is 0 Å². The van der Waals surface area contributed by atoms with Crippen LogP contribution in [0.4, 0.5) is 4.79 Å². The summed E-state index contributed by atoms with van der Waals surface area (Å²) >= 11 is 0. The van der Waals surface area contributed by atoms with Crippen molar-refractivity contribution in [2.45, 2.75) is 44.1 Å². The number of alkyl carbamates (subject to hydrolysis) is 1. The van der Waals surface area contributed by atoms with Gasteiger partial charge in [-0.25, -0.2) is 4.79 Å². The van der Waals surface area contributed by atoms with Crippen molar-refractivity contribution in [3.8, 4) is 0 Å². The van der Waals surface area contributed by atoms with Crippen molar-refractivity contribution in [2.24, 2.45) is 0 Å². The molecule has 2 aliphatic rings. The van der Waals surface area contributed by atoms with Gasteiger partial charge in [0, 0.05) is 0 Å². The number of carbonyl (C=O) groups is 2. The zero-order valence-corrected chi connectivity index (χ0v) is 10.8. The van der Waals surface area contributed by atoms with E-state index >= 15 is 0 Å². The van der Waals surface area contributed by atoms with Crippen molar-refractivity contribution in [2.75, 3.05) is 13.2 Å². The summed E-state index contributed by atoms with van der Waals surface area (Å²) in [4.78, 5) is 23.1. The second kappa shape index (κ2) is 6.68. The summed E-state index contributed by atoms with van der Waals surface area (Å²) in [6, 6.07) is -0.780. The summed E-state index contributed by atoms with van der Waals surface area (Å²) < 4.78 is 15.8. The van der Waals surface area contributed by atoms with E-state index in [1.165, 1.54) is 6.08 Å². The topological polar surface area (TPSA) is 73.9 Å². The summed E-state index contributed by atoms with van der Waals surface area (Å²) in [6.45, 7) is 3.50. The quantitative estimate of drug-likeness (QED) is 0.758. The maximum absolute atomic E-state index is 11.7. The van der Waals surface area contributed by atoms with E-state index in [-0.39, 0.29) is 25.1 Å². The molecule has 0 radical (unpaired) electrons. The lowest BCUT2D eigenvalue weighted by Gasteiger charge is -2.22. The van der Waals surface area contributed by atoms with Crippen molar-refractivity contribution >= 4 is 11.9 Å². The van der Waals surface area contributed by atoms with Gasteiger partial charge >= 0.3 is 6.09 Å². The van der Waals surface area contributed by atoms with Gasteiger partial charge in [0.2, 0.25) is 0 Å². The van der Waals surface area contributed by atoms with Crippen molar-refractivity contribution in [1.29, 1.82) is 0 Å². The molecule has 2 rings (SSSR count). The minimum Gasteiger partial charge on any atom is -0.445 e. The third kappa shape index (κ3) is 3.78. The summed E-state index contributed by atoms with van der Waals surface area (Å²) in [5, 5.41) is 2.48. The normalized spacial score (nSPS) is 27.5. The molecule has 106 valence electrons. The Morgan fingerprint density at radius 3 is 2.89 bits per heavy atom. The van der Waals surface area contributed by atoms with Crippen molar-refractivity contribution < 1.29 is 23.8 Å². The molecule has 1 saturated carbocycles. The van der Waals surface area contributed by atoms with Crippen LogP contribution in [0.2, 0.25) is 0 Å². The average Bonchev–Trinajstić information content (AvgIpc) is 3.01. The lowest BCUT2D eigenvalue weighted by molar-refractivity contribution is -0.150. The number of ether oxygens (including phenoxy) is 3. The zero-order chi connectivity index (χ0) is 13.7. The molecule has 2 atom stereocenters. The summed E-state index contributed by atoms with van der Waals surface area (Å²) in [5.41, 5.74) is 0. The molecule has 1 saturated heterocycles. The van der Waals surface area contributed by atoms with Crippen LogP contribution in [0.3, 0.4) is 0 Å². The van der Waals surface area contributed by atoms with Crippen LogP contribution >= 0.6 is 0 Å². The smallest absolute Gasteiger partial charge is 0.408 e. The molecule has 0 aromatic carbocycles. The lowest BCUT2D eigenvalue weighted by atomic mass is 10.2. The van der Waals surface area contributed by atoms with Gasteiger partial charge in [-0.2, -0.15) is 0 Å². The molecule has 1 aliphatic carbocycles. The number of amides is 1. The Labute approximate surface area is 112 Å². The average molecular weight is 269 g/mol. The van der Waals surface area contributed by atoms with Gasteiger partial charge in [-0.15, -0.1) is 0 Å². The van der Waals surface area contributed by atoms with Gasteiger partial charge in [0.15, 0.2) is 12.1 Å². The fourth-order valence-corrected chi connectivity index (χ4v) is 2.29. The van der Waals surface area contributed by atoms with Crippen LogP contribution in [0, 0.1) is 0 Å². The van der Waals surface area contributed by atoms with E-state index in [0.29, 0.717) is 0 Å². The Hall–Kier alpha value is -1.40. The minimum atomic E-state index is -0.780. The number of hydrogen-bond donors (Lipinski definition) is 1. The number of ketones is 1. The third-order valence-corrected chi connectivity index (χ3v) is 3.24. The first-order chi connectivity index (χ1) is 9.20. The van der Waals surface area contributed by atoms with E-state index in [4.69, 9.17) is 14.2 Å².